The molecule has 2 aromatic rings. The Labute approximate surface area is 134 Å². The van der Waals surface area contributed by atoms with Crippen LogP contribution < -0.4 is 11.1 Å². The molecule has 114 valence electrons. The first kappa shape index (κ1) is 15.1. The number of thioether (sulfide) groups is 1. The van der Waals surface area contributed by atoms with E-state index in [1.165, 1.54) is 0 Å². The fourth-order valence-corrected chi connectivity index (χ4v) is 3.82. The Bertz CT molecular complexity index is 647. The highest BCUT2D eigenvalue weighted by molar-refractivity contribution is 8.00. The minimum absolute atomic E-state index is 0.0600. The van der Waals surface area contributed by atoms with Gasteiger partial charge in [-0.2, -0.15) is 0 Å². The molecule has 5 heteroatoms. The van der Waals surface area contributed by atoms with Gasteiger partial charge >= 0.3 is 0 Å². The van der Waals surface area contributed by atoms with E-state index in [2.05, 4.69) is 22.4 Å². The molecule has 3 N–H and O–H groups in total. The highest BCUT2D eigenvalue weighted by atomic mass is 32.2. The Hall–Kier alpha value is -1.85. The van der Waals surface area contributed by atoms with E-state index in [-0.39, 0.29) is 17.2 Å². The lowest BCUT2D eigenvalue weighted by Crippen LogP contribution is -2.40. The lowest BCUT2D eigenvalue weighted by atomic mass is 10.0. The van der Waals surface area contributed by atoms with Crippen molar-refractivity contribution in [2.45, 2.75) is 17.7 Å². The first-order valence-corrected chi connectivity index (χ1v) is 8.45. The third-order valence-electron chi connectivity index (χ3n) is 3.82. The van der Waals surface area contributed by atoms with Crippen LogP contribution in [0.4, 0.5) is 0 Å². The number of nitrogens with one attached hydrogen (secondary N) is 1. The zero-order chi connectivity index (χ0) is 15.4. The maximum Gasteiger partial charge on any atom is 0.237 e. The van der Waals surface area contributed by atoms with Crippen LogP contribution in [-0.4, -0.2) is 29.2 Å². The Balaban J connectivity index is 1.87. The van der Waals surface area contributed by atoms with Crippen LogP contribution in [0.25, 0.3) is 11.1 Å². The van der Waals surface area contributed by atoms with Gasteiger partial charge in [0.15, 0.2) is 0 Å². The van der Waals surface area contributed by atoms with Gasteiger partial charge in [-0.25, -0.2) is 0 Å². The summed E-state index contributed by atoms with van der Waals surface area (Å²) >= 11 is 1.69. The van der Waals surface area contributed by atoms with Crippen molar-refractivity contribution >= 4 is 17.7 Å². The zero-order valence-electron chi connectivity index (χ0n) is 12.2. The summed E-state index contributed by atoms with van der Waals surface area (Å²) in [6.07, 6.45) is 4.48. The van der Waals surface area contributed by atoms with Crippen LogP contribution in [-0.2, 0) is 4.79 Å². The average Bonchev–Trinajstić information content (AvgIpc) is 2.77. The van der Waals surface area contributed by atoms with Crippen molar-refractivity contribution in [2.24, 2.45) is 5.73 Å². The monoisotopic (exact) mass is 313 g/mol. The number of aromatic nitrogens is 1. The van der Waals surface area contributed by atoms with Crippen molar-refractivity contribution < 1.29 is 4.79 Å². The number of amides is 1. The molecule has 1 aromatic carbocycles. The predicted octanol–water partition coefficient (Wildman–Crippen LogP) is 2.37. The van der Waals surface area contributed by atoms with E-state index in [0.717, 1.165) is 28.9 Å². The van der Waals surface area contributed by atoms with Gasteiger partial charge in [0.05, 0.1) is 0 Å². The fourth-order valence-electron chi connectivity index (χ4n) is 2.60. The number of hydrogen-bond donors (Lipinski definition) is 2. The second-order valence-electron chi connectivity index (χ2n) is 5.34. The molecule has 22 heavy (non-hydrogen) atoms. The van der Waals surface area contributed by atoms with Gasteiger partial charge in [0.2, 0.25) is 5.91 Å². The molecule has 0 unspecified atom stereocenters. The molecule has 1 aliphatic rings. The number of rotatable bonds is 3. The minimum Gasteiger partial charge on any atom is -0.351 e. The molecular weight excluding hydrogens is 294 g/mol. The molecule has 1 aromatic heterocycles. The van der Waals surface area contributed by atoms with Gasteiger partial charge in [-0.3, -0.25) is 9.78 Å². The number of nitrogens with two attached hydrogens (primary N) is 1. The summed E-state index contributed by atoms with van der Waals surface area (Å²) in [5.74, 6) is 0.995. The molecule has 1 fully saturated rings. The number of carbonyl (C=O) groups is 1. The molecule has 1 aliphatic heterocycles. The van der Waals surface area contributed by atoms with E-state index >= 15 is 0 Å². The molecule has 0 bridgehead atoms. The van der Waals surface area contributed by atoms with Gasteiger partial charge in [-0.05, 0) is 47.1 Å². The molecule has 0 aliphatic carbocycles. The Morgan fingerprint density at radius 2 is 2.05 bits per heavy atom. The predicted molar refractivity (Wildman–Crippen MR) is 90.5 cm³/mol. The highest BCUT2D eigenvalue weighted by Crippen LogP contribution is 2.34. The van der Waals surface area contributed by atoms with Crippen molar-refractivity contribution in [1.29, 1.82) is 0 Å². The van der Waals surface area contributed by atoms with Gasteiger partial charge in [-0.1, -0.05) is 18.2 Å². The summed E-state index contributed by atoms with van der Waals surface area (Å²) in [4.78, 5) is 16.5. The number of hydrogen-bond acceptors (Lipinski definition) is 4. The lowest BCUT2D eigenvalue weighted by Gasteiger charge is -2.16. The molecule has 0 saturated carbocycles. The van der Waals surface area contributed by atoms with E-state index in [4.69, 9.17) is 5.73 Å². The summed E-state index contributed by atoms with van der Waals surface area (Å²) in [7, 11) is 0. The SMILES string of the molecule is NC[C@@H]1CCS[C@H](c2cccc(-c3ccncc3)c2)C(=O)N1. The van der Waals surface area contributed by atoms with Crippen LogP contribution >= 0.6 is 11.8 Å². The van der Waals surface area contributed by atoms with Gasteiger partial charge < -0.3 is 11.1 Å². The van der Waals surface area contributed by atoms with Crippen molar-refractivity contribution in [3.63, 3.8) is 0 Å². The fraction of sp³-hybridized carbons (Fsp3) is 0.294. The van der Waals surface area contributed by atoms with Crippen LogP contribution in [0.1, 0.15) is 17.2 Å². The Morgan fingerprint density at radius 3 is 2.82 bits per heavy atom. The summed E-state index contributed by atoms with van der Waals surface area (Å²) in [5, 5.41) is 2.87. The van der Waals surface area contributed by atoms with Crippen LogP contribution in [0.5, 0.6) is 0 Å². The van der Waals surface area contributed by atoms with Crippen molar-refractivity contribution in [2.75, 3.05) is 12.3 Å². The third kappa shape index (κ3) is 3.31. The Morgan fingerprint density at radius 1 is 1.23 bits per heavy atom. The standard InChI is InChI=1S/C17H19N3OS/c18-11-15-6-9-22-16(17(21)20-15)14-3-1-2-13(10-14)12-4-7-19-8-5-12/h1-5,7-8,10,15-16H,6,9,11,18H2,(H,20,21)/t15-,16+/m0/s1. The molecule has 3 rings (SSSR count). The van der Waals surface area contributed by atoms with Gasteiger partial charge in [-0.15, -0.1) is 11.8 Å². The number of benzene rings is 1. The second-order valence-corrected chi connectivity index (χ2v) is 6.56. The Kier molecular flexibility index (Phi) is 4.75. The number of carbonyl (C=O) groups excluding carboxylic acids is 1. The van der Waals surface area contributed by atoms with Gasteiger partial charge in [0.1, 0.15) is 5.25 Å². The average molecular weight is 313 g/mol. The summed E-state index contributed by atoms with van der Waals surface area (Å²) < 4.78 is 0. The molecule has 1 amide bonds. The molecule has 0 radical (unpaired) electrons. The number of nitrogens with zero attached hydrogens (tertiary/aromatic N) is 1. The van der Waals surface area contributed by atoms with E-state index in [1.807, 2.05) is 24.3 Å². The van der Waals surface area contributed by atoms with Gasteiger partial charge in [0, 0.05) is 25.0 Å². The van der Waals surface area contributed by atoms with Crippen LogP contribution in [0.15, 0.2) is 48.8 Å². The zero-order valence-corrected chi connectivity index (χ0v) is 13.1. The molecule has 0 spiro atoms. The van der Waals surface area contributed by atoms with E-state index in [9.17, 15) is 4.79 Å². The topological polar surface area (TPSA) is 68.0 Å². The molecular formula is C17H19N3OS. The van der Waals surface area contributed by atoms with E-state index in [1.54, 1.807) is 24.2 Å². The summed E-state index contributed by atoms with van der Waals surface area (Å²) in [6, 6.07) is 12.2. The van der Waals surface area contributed by atoms with Crippen molar-refractivity contribution in [1.82, 2.24) is 10.3 Å². The number of pyridine rings is 1. The highest BCUT2D eigenvalue weighted by Gasteiger charge is 2.26. The maximum atomic E-state index is 12.4. The van der Waals surface area contributed by atoms with Crippen LogP contribution in [0.3, 0.4) is 0 Å². The first-order chi connectivity index (χ1) is 10.8. The molecule has 2 atom stereocenters. The van der Waals surface area contributed by atoms with Crippen LogP contribution in [0, 0.1) is 0 Å². The molecule has 4 nitrogen and oxygen atoms in total. The normalized spacial score (nSPS) is 22.0. The molecule has 1 saturated heterocycles. The van der Waals surface area contributed by atoms with Crippen LogP contribution in [0.2, 0.25) is 0 Å². The molecule has 2 heterocycles. The minimum atomic E-state index is -0.168. The smallest absolute Gasteiger partial charge is 0.237 e. The van der Waals surface area contributed by atoms with Crippen molar-refractivity contribution in [3.05, 3.63) is 54.4 Å². The van der Waals surface area contributed by atoms with E-state index < -0.39 is 0 Å². The van der Waals surface area contributed by atoms with E-state index in [0.29, 0.717) is 6.54 Å². The summed E-state index contributed by atoms with van der Waals surface area (Å²) in [6.45, 7) is 0.496. The second kappa shape index (κ2) is 6.94. The summed E-state index contributed by atoms with van der Waals surface area (Å²) in [5.41, 5.74) is 8.94. The van der Waals surface area contributed by atoms with Crippen molar-refractivity contribution in [3.8, 4) is 11.1 Å². The first-order valence-electron chi connectivity index (χ1n) is 7.40. The largest absolute Gasteiger partial charge is 0.351 e. The maximum absolute atomic E-state index is 12.4. The third-order valence-corrected chi connectivity index (χ3v) is 5.11. The van der Waals surface area contributed by atoms with Gasteiger partial charge in [0.25, 0.3) is 0 Å². The lowest BCUT2D eigenvalue weighted by molar-refractivity contribution is -0.121. The quantitative estimate of drug-likeness (QED) is 0.913.